The summed E-state index contributed by atoms with van der Waals surface area (Å²) in [5.74, 6) is -2.36. The molecule has 6 nitrogen and oxygen atoms in total. The topological polar surface area (TPSA) is 113 Å². The van der Waals surface area contributed by atoms with E-state index in [9.17, 15) is 9.59 Å². The van der Waals surface area contributed by atoms with Gasteiger partial charge in [0.1, 0.15) is 0 Å². The van der Waals surface area contributed by atoms with Crippen LogP contribution in [0.3, 0.4) is 0 Å². The van der Waals surface area contributed by atoms with Crippen LogP contribution in [0.25, 0.3) is 0 Å². The normalized spacial score (nSPS) is 9.50. The average Bonchev–Trinajstić information content (AvgIpc) is 2.15. The largest absolute Gasteiger partial charge is 0.478 e. The van der Waals surface area contributed by atoms with Crippen molar-refractivity contribution in [2.75, 3.05) is 5.32 Å². The number of thiocarbonyl (C=S) groups is 1. The minimum absolute atomic E-state index is 0.0521. The first-order valence-corrected chi connectivity index (χ1v) is 4.49. The summed E-state index contributed by atoms with van der Waals surface area (Å²) in [4.78, 5) is 21.5. The minimum atomic E-state index is -1.20. The first-order chi connectivity index (χ1) is 7.41. The zero-order chi connectivity index (χ0) is 12.3. The number of hydrogen-bond acceptors (Lipinski definition) is 3. The van der Waals surface area contributed by atoms with Gasteiger partial charge >= 0.3 is 11.9 Å². The Bertz CT molecular complexity index is 473. The molecule has 0 aromatic heterocycles. The lowest BCUT2D eigenvalue weighted by molar-refractivity contribution is 0.0682. The number of aromatic carboxylic acids is 2. The van der Waals surface area contributed by atoms with E-state index in [1.165, 1.54) is 12.1 Å². The fourth-order valence-corrected chi connectivity index (χ4v) is 1.21. The van der Waals surface area contributed by atoms with Crippen molar-refractivity contribution < 1.29 is 19.8 Å². The van der Waals surface area contributed by atoms with Gasteiger partial charge in [0.25, 0.3) is 0 Å². The molecular weight excluding hydrogens is 232 g/mol. The van der Waals surface area contributed by atoms with Crippen LogP contribution in [-0.2, 0) is 0 Å². The predicted octanol–water partition coefficient (Wildman–Crippen LogP) is 0.739. The van der Waals surface area contributed by atoms with Gasteiger partial charge in [-0.3, -0.25) is 0 Å². The summed E-state index contributed by atoms with van der Waals surface area (Å²) in [7, 11) is 0. The molecule has 0 atom stereocenters. The van der Waals surface area contributed by atoms with E-state index in [1.54, 1.807) is 0 Å². The highest BCUT2D eigenvalue weighted by molar-refractivity contribution is 7.80. The predicted molar refractivity (Wildman–Crippen MR) is 60.8 cm³/mol. The van der Waals surface area contributed by atoms with Crippen LogP contribution in [0.15, 0.2) is 18.2 Å². The minimum Gasteiger partial charge on any atom is -0.478 e. The number of rotatable bonds is 3. The second kappa shape index (κ2) is 4.58. The maximum atomic E-state index is 10.8. The van der Waals surface area contributed by atoms with Crippen molar-refractivity contribution in [3.8, 4) is 0 Å². The van der Waals surface area contributed by atoms with E-state index in [-0.39, 0.29) is 21.9 Å². The van der Waals surface area contributed by atoms with Crippen LogP contribution >= 0.6 is 12.2 Å². The van der Waals surface area contributed by atoms with Gasteiger partial charge in [-0.25, -0.2) is 9.59 Å². The van der Waals surface area contributed by atoms with Crippen molar-refractivity contribution in [2.24, 2.45) is 5.73 Å². The van der Waals surface area contributed by atoms with E-state index < -0.39 is 11.9 Å². The van der Waals surface area contributed by atoms with Crippen molar-refractivity contribution in [1.29, 1.82) is 0 Å². The third-order valence-electron chi connectivity index (χ3n) is 1.75. The van der Waals surface area contributed by atoms with Crippen LogP contribution in [0, 0.1) is 0 Å². The van der Waals surface area contributed by atoms with E-state index in [4.69, 9.17) is 15.9 Å². The summed E-state index contributed by atoms with van der Waals surface area (Å²) in [5.41, 5.74) is 5.10. The van der Waals surface area contributed by atoms with Gasteiger partial charge in [0.2, 0.25) is 0 Å². The van der Waals surface area contributed by atoms with E-state index in [0.29, 0.717) is 0 Å². The van der Waals surface area contributed by atoms with Gasteiger partial charge in [0.15, 0.2) is 5.11 Å². The summed E-state index contributed by atoms with van der Waals surface area (Å²) in [6, 6.07) is 3.52. The van der Waals surface area contributed by atoms with Crippen molar-refractivity contribution in [3.05, 3.63) is 29.3 Å². The lowest BCUT2D eigenvalue weighted by atomic mass is 10.1. The van der Waals surface area contributed by atoms with E-state index >= 15 is 0 Å². The molecule has 0 fully saturated rings. The second-order valence-corrected chi connectivity index (χ2v) is 3.30. The average molecular weight is 240 g/mol. The summed E-state index contributed by atoms with van der Waals surface area (Å²) in [5, 5.41) is 19.9. The summed E-state index contributed by atoms with van der Waals surface area (Å²) in [6.45, 7) is 0. The molecule has 84 valence electrons. The number of carboxylic acid groups (broad SMARTS) is 2. The lowest BCUT2D eigenvalue weighted by Gasteiger charge is -2.08. The molecule has 0 unspecified atom stereocenters. The number of hydrogen-bond donors (Lipinski definition) is 4. The zero-order valence-electron chi connectivity index (χ0n) is 7.93. The molecule has 16 heavy (non-hydrogen) atoms. The summed E-state index contributed by atoms with van der Waals surface area (Å²) in [6.07, 6.45) is 0. The molecule has 1 aromatic rings. The van der Waals surface area contributed by atoms with Gasteiger partial charge in [-0.1, -0.05) is 0 Å². The first kappa shape index (κ1) is 11.9. The molecule has 0 radical (unpaired) electrons. The van der Waals surface area contributed by atoms with Crippen LogP contribution in [0.4, 0.5) is 5.69 Å². The molecule has 0 heterocycles. The van der Waals surface area contributed by atoms with Crippen molar-refractivity contribution >= 4 is 35.0 Å². The highest BCUT2D eigenvalue weighted by Gasteiger charge is 2.13. The number of carbonyl (C=O) groups is 2. The molecule has 0 aliphatic carbocycles. The van der Waals surface area contributed by atoms with Crippen molar-refractivity contribution in [1.82, 2.24) is 0 Å². The summed E-state index contributed by atoms with van der Waals surface area (Å²) >= 11 is 4.56. The van der Waals surface area contributed by atoms with Gasteiger partial charge in [0, 0.05) is 0 Å². The number of carboxylic acids is 2. The smallest absolute Gasteiger partial charge is 0.337 e. The first-order valence-electron chi connectivity index (χ1n) is 4.09. The van der Waals surface area contributed by atoms with E-state index in [2.05, 4.69) is 17.5 Å². The molecule has 0 bridgehead atoms. The van der Waals surface area contributed by atoms with Crippen LogP contribution in [0.1, 0.15) is 20.7 Å². The SMILES string of the molecule is NC(=S)Nc1cc(C(=O)O)ccc1C(=O)O. The second-order valence-electron chi connectivity index (χ2n) is 2.86. The zero-order valence-corrected chi connectivity index (χ0v) is 8.75. The molecule has 0 aliphatic rings. The molecule has 1 rings (SSSR count). The maximum absolute atomic E-state index is 10.8. The van der Waals surface area contributed by atoms with Gasteiger partial charge in [0.05, 0.1) is 16.8 Å². The van der Waals surface area contributed by atoms with Crippen LogP contribution in [0.2, 0.25) is 0 Å². The lowest BCUT2D eigenvalue weighted by Crippen LogP contribution is -2.21. The Morgan fingerprint density at radius 1 is 1.25 bits per heavy atom. The quantitative estimate of drug-likeness (QED) is 0.576. The van der Waals surface area contributed by atoms with E-state index in [0.717, 1.165) is 6.07 Å². The molecule has 0 amide bonds. The Hall–Kier alpha value is -2.15. The molecule has 0 aliphatic heterocycles. The highest BCUT2D eigenvalue weighted by atomic mass is 32.1. The Labute approximate surface area is 95.7 Å². The number of benzene rings is 1. The van der Waals surface area contributed by atoms with Crippen molar-refractivity contribution in [3.63, 3.8) is 0 Å². The van der Waals surface area contributed by atoms with Crippen molar-refractivity contribution in [2.45, 2.75) is 0 Å². The van der Waals surface area contributed by atoms with Gasteiger partial charge in [-0.2, -0.15) is 0 Å². The third-order valence-corrected chi connectivity index (χ3v) is 1.86. The number of anilines is 1. The fraction of sp³-hybridized carbons (Fsp3) is 0. The van der Waals surface area contributed by atoms with Crippen LogP contribution in [0.5, 0.6) is 0 Å². The molecular formula is C9H8N2O4S. The Morgan fingerprint density at radius 2 is 1.88 bits per heavy atom. The monoisotopic (exact) mass is 240 g/mol. The van der Waals surface area contributed by atoms with Crippen LogP contribution < -0.4 is 11.1 Å². The molecule has 0 saturated carbocycles. The molecule has 7 heteroatoms. The Kier molecular flexibility index (Phi) is 3.41. The fourth-order valence-electron chi connectivity index (χ4n) is 1.10. The molecule has 0 spiro atoms. The molecule has 1 aromatic carbocycles. The Morgan fingerprint density at radius 3 is 2.31 bits per heavy atom. The molecule has 5 N–H and O–H groups in total. The standard InChI is InChI=1S/C9H8N2O4S/c10-9(16)11-6-3-4(7(12)13)1-2-5(6)8(14)15/h1-3H,(H,12,13)(H,14,15)(H3,10,11,16). The number of nitrogens with two attached hydrogens (primary N) is 1. The number of nitrogens with one attached hydrogen (secondary N) is 1. The van der Waals surface area contributed by atoms with E-state index in [1.807, 2.05) is 0 Å². The summed E-state index contributed by atoms with van der Waals surface area (Å²) < 4.78 is 0. The van der Waals surface area contributed by atoms with Crippen LogP contribution in [-0.4, -0.2) is 27.3 Å². The van der Waals surface area contributed by atoms with Gasteiger partial charge in [-0.15, -0.1) is 0 Å². The van der Waals surface area contributed by atoms with Gasteiger partial charge < -0.3 is 21.3 Å². The highest BCUT2D eigenvalue weighted by Crippen LogP contribution is 2.18. The Balaban J connectivity index is 3.26. The maximum Gasteiger partial charge on any atom is 0.337 e. The third kappa shape index (κ3) is 2.67. The van der Waals surface area contributed by atoms with Gasteiger partial charge in [-0.05, 0) is 30.4 Å². The molecule has 0 saturated heterocycles.